The zero-order valence-electron chi connectivity index (χ0n) is 19.9. The van der Waals surface area contributed by atoms with Gasteiger partial charge >= 0.3 is 6.18 Å². The number of alkyl halides is 3. The van der Waals surface area contributed by atoms with Crippen LogP contribution in [-0.2, 0) is 16.2 Å². The van der Waals surface area contributed by atoms with Crippen molar-refractivity contribution in [2.45, 2.75) is 11.1 Å². The van der Waals surface area contributed by atoms with Crippen molar-refractivity contribution in [2.75, 3.05) is 11.4 Å². The summed E-state index contributed by atoms with van der Waals surface area (Å²) >= 11 is 0.940. The highest BCUT2D eigenvalue weighted by Crippen LogP contribution is 2.43. The molecule has 0 saturated heterocycles. The normalized spacial score (nSPS) is 11.8. The summed E-state index contributed by atoms with van der Waals surface area (Å²) in [6, 6.07) is 15.2. The maximum Gasteiger partial charge on any atom is 0.416 e. The molecular formula is C26H16F3N5O3S2. The maximum atomic E-state index is 14.0. The number of benzene rings is 3. The first-order chi connectivity index (χ1) is 18.6. The summed E-state index contributed by atoms with van der Waals surface area (Å²) in [4.78, 5) is 3.97. The highest BCUT2D eigenvalue weighted by molar-refractivity contribution is 7.93. The molecule has 0 N–H and O–H groups in total. The number of nitriles is 1. The first-order valence-electron chi connectivity index (χ1n) is 11.1. The van der Waals surface area contributed by atoms with Gasteiger partial charge in [-0.2, -0.15) is 18.4 Å². The molecule has 2 heterocycles. The van der Waals surface area contributed by atoms with Gasteiger partial charge < -0.3 is 4.74 Å². The smallest absolute Gasteiger partial charge is 0.416 e. The van der Waals surface area contributed by atoms with Crippen LogP contribution in [0.2, 0.25) is 0 Å². The summed E-state index contributed by atoms with van der Waals surface area (Å²) in [5.41, 5.74) is 0.572. The molecule has 3 aromatic carbocycles. The van der Waals surface area contributed by atoms with E-state index in [2.05, 4.69) is 15.2 Å². The summed E-state index contributed by atoms with van der Waals surface area (Å²) < 4.78 is 74.5. The van der Waals surface area contributed by atoms with E-state index >= 15 is 0 Å². The fraction of sp³-hybridized carbons (Fsp3) is 0.0769. The first-order valence-corrected chi connectivity index (χ1v) is 13.4. The molecule has 0 fully saturated rings. The molecule has 0 aliphatic heterocycles. The van der Waals surface area contributed by atoms with Crippen molar-refractivity contribution < 1.29 is 26.3 Å². The molecule has 13 heteroatoms. The van der Waals surface area contributed by atoms with Gasteiger partial charge in [-0.05, 0) is 53.4 Å². The summed E-state index contributed by atoms with van der Waals surface area (Å²) in [5.74, 6) is -0.00910. The largest absolute Gasteiger partial charge is 0.495 e. The second kappa shape index (κ2) is 9.97. The molecule has 196 valence electrons. The Kier molecular flexibility index (Phi) is 6.67. The zero-order chi connectivity index (χ0) is 27.8. The van der Waals surface area contributed by atoms with Gasteiger partial charge in [-0.1, -0.05) is 29.5 Å². The summed E-state index contributed by atoms with van der Waals surface area (Å²) in [6.45, 7) is 0. The van der Waals surface area contributed by atoms with E-state index in [9.17, 15) is 26.9 Å². The lowest BCUT2D eigenvalue weighted by Gasteiger charge is -2.24. The number of aromatic nitrogens is 3. The summed E-state index contributed by atoms with van der Waals surface area (Å²) in [7, 11) is -3.06. The Morgan fingerprint density at radius 1 is 1.05 bits per heavy atom. The van der Waals surface area contributed by atoms with Crippen molar-refractivity contribution in [1.82, 2.24) is 15.2 Å². The lowest BCUT2D eigenvalue weighted by atomic mass is 9.97. The topological polar surface area (TPSA) is 109 Å². The molecule has 39 heavy (non-hydrogen) atoms. The number of sulfonamides is 1. The Bertz CT molecular complexity index is 1840. The van der Waals surface area contributed by atoms with Gasteiger partial charge in [-0.3, -0.25) is 4.98 Å². The Balaban J connectivity index is 1.72. The van der Waals surface area contributed by atoms with E-state index in [1.165, 1.54) is 55.2 Å². The maximum absolute atomic E-state index is 14.0. The first kappa shape index (κ1) is 26.1. The fourth-order valence-corrected chi connectivity index (χ4v) is 6.27. The van der Waals surface area contributed by atoms with Crippen LogP contribution < -0.4 is 9.04 Å². The Labute approximate surface area is 224 Å². The van der Waals surface area contributed by atoms with E-state index in [0.29, 0.717) is 5.39 Å². The van der Waals surface area contributed by atoms with E-state index in [0.717, 1.165) is 33.2 Å². The number of rotatable bonds is 6. The monoisotopic (exact) mass is 567 g/mol. The second-order valence-corrected chi connectivity index (χ2v) is 10.7. The minimum absolute atomic E-state index is 0.00910. The molecule has 0 bridgehead atoms. The molecule has 2 aromatic heterocycles. The van der Waals surface area contributed by atoms with E-state index in [1.807, 2.05) is 6.07 Å². The second-order valence-electron chi connectivity index (χ2n) is 8.14. The number of hydrogen-bond acceptors (Lipinski definition) is 8. The van der Waals surface area contributed by atoms with Crippen molar-refractivity contribution in [2.24, 2.45) is 0 Å². The van der Waals surface area contributed by atoms with E-state index in [-0.39, 0.29) is 38.2 Å². The molecule has 0 amide bonds. The van der Waals surface area contributed by atoms with Crippen LogP contribution in [0.3, 0.4) is 0 Å². The average molecular weight is 568 g/mol. The lowest BCUT2D eigenvalue weighted by molar-refractivity contribution is -0.137. The summed E-state index contributed by atoms with van der Waals surface area (Å²) in [5, 5.41) is 19.0. The average Bonchev–Trinajstić information content (AvgIpc) is 3.46. The molecule has 8 nitrogen and oxygen atoms in total. The molecule has 0 atom stereocenters. The fourth-order valence-electron chi connectivity index (χ4n) is 4.00. The number of nitrogens with zero attached hydrogens (tertiary/aromatic N) is 5. The summed E-state index contributed by atoms with van der Waals surface area (Å²) in [6.07, 6.45) is -1.45. The minimum Gasteiger partial charge on any atom is -0.495 e. The number of hydrogen-bond donors (Lipinski definition) is 0. The number of halogens is 3. The molecule has 0 aliphatic rings. The van der Waals surface area contributed by atoms with Crippen molar-refractivity contribution in [1.29, 1.82) is 5.26 Å². The zero-order valence-corrected chi connectivity index (χ0v) is 21.5. The molecule has 0 radical (unpaired) electrons. The van der Waals surface area contributed by atoms with Crippen LogP contribution >= 0.6 is 11.3 Å². The molecule has 0 saturated carbocycles. The van der Waals surface area contributed by atoms with Gasteiger partial charge in [0.1, 0.15) is 16.9 Å². The molecular weight excluding hydrogens is 551 g/mol. The molecule has 0 aliphatic carbocycles. The standard InChI is InChI=1S/C26H16F3N5O3S2/c1-37-24-12-22(17-3-2-4-20(9-17)26(27,28)29)19(13-30)11-23(24)34(25-33-32-15-38-25)39(35,36)21-6-5-18-14-31-8-7-16(18)10-21/h2-12,14-15H,1H3. The van der Waals surface area contributed by atoms with Crippen molar-refractivity contribution >= 4 is 43.0 Å². The number of ether oxygens (including phenoxy) is 1. The van der Waals surface area contributed by atoms with Gasteiger partial charge in [0.15, 0.2) is 0 Å². The predicted octanol–water partition coefficient (Wildman–Crippen LogP) is 6.18. The highest BCUT2D eigenvalue weighted by Gasteiger charge is 2.34. The third kappa shape index (κ3) is 4.87. The van der Waals surface area contributed by atoms with Gasteiger partial charge in [0.2, 0.25) is 5.13 Å². The van der Waals surface area contributed by atoms with Crippen molar-refractivity contribution in [3.63, 3.8) is 0 Å². The van der Waals surface area contributed by atoms with E-state index in [1.54, 1.807) is 18.3 Å². The van der Waals surface area contributed by atoms with Gasteiger partial charge in [0.05, 0.1) is 29.2 Å². The van der Waals surface area contributed by atoms with Gasteiger partial charge in [0, 0.05) is 23.3 Å². The van der Waals surface area contributed by atoms with Crippen molar-refractivity contribution in [3.8, 4) is 22.9 Å². The molecule has 5 rings (SSSR count). The lowest BCUT2D eigenvalue weighted by Crippen LogP contribution is -2.27. The van der Waals surface area contributed by atoms with Gasteiger partial charge in [-0.15, -0.1) is 10.2 Å². The third-order valence-electron chi connectivity index (χ3n) is 5.83. The molecule has 5 aromatic rings. The Morgan fingerprint density at radius 2 is 1.87 bits per heavy atom. The highest BCUT2D eigenvalue weighted by atomic mass is 32.2. The van der Waals surface area contributed by atoms with Crippen LogP contribution in [0.5, 0.6) is 5.75 Å². The van der Waals surface area contributed by atoms with E-state index in [4.69, 9.17) is 4.74 Å². The predicted molar refractivity (Wildman–Crippen MR) is 139 cm³/mol. The quantitative estimate of drug-likeness (QED) is 0.241. The van der Waals surface area contributed by atoms with Crippen LogP contribution in [0.15, 0.2) is 83.5 Å². The number of methoxy groups -OCH3 is 1. The number of pyridine rings is 1. The third-order valence-corrected chi connectivity index (χ3v) is 8.32. The van der Waals surface area contributed by atoms with Gasteiger partial charge in [-0.25, -0.2) is 12.7 Å². The van der Waals surface area contributed by atoms with Gasteiger partial charge in [0.25, 0.3) is 10.0 Å². The van der Waals surface area contributed by atoms with Crippen LogP contribution in [0.1, 0.15) is 11.1 Å². The van der Waals surface area contributed by atoms with Crippen LogP contribution in [-0.4, -0.2) is 30.7 Å². The van der Waals surface area contributed by atoms with Crippen LogP contribution in [0, 0.1) is 11.3 Å². The number of fused-ring (bicyclic) bond motifs is 1. The number of anilines is 2. The Hall–Kier alpha value is -4.54. The Morgan fingerprint density at radius 3 is 2.56 bits per heavy atom. The SMILES string of the molecule is COc1cc(-c2cccc(C(F)(F)F)c2)c(C#N)cc1N(c1nncs1)S(=O)(=O)c1ccc2cnccc2c1. The molecule has 0 unspecified atom stereocenters. The van der Waals surface area contributed by atoms with Crippen molar-refractivity contribution in [3.05, 3.63) is 89.7 Å². The van der Waals surface area contributed by atoms with E-state index < -0.39 is 21.8 Å². The molecule has 0 spiro atoms. The minimum atomic E-state index is -4.59. The van der Waals surface area contributed by atoms with Crippen LogP contribution in [0.4, 0.5) is 24.0 Å². The van der Waals surface area contributed by atoms with Crippen LogP contribution in [0.25, 0.3) is 21.9 Å².